The Kier molecular flexibility index (Phi) is 8.39. The lowest BCUT2D eigenvalue weighted by Crippen LogP contribution is -2.51. The van der Waals surface area contributed by atoms with E-state index in [0.717, 1.165) is 61.3 Å². The van der Waals surface area contributed by atoms with E-state index in [4.69, 9.17) is 10.5 Å². The molecule has 3 saturated carbocycles. The molecule has 0 aliphatic heterocycles. The fraction of sp³-hybridized carbons (Fsp3) is 0.571. The number of fused-ring (bicyclic) bond motifs is 5. The fourth-order valence-corrected chi connectivity index (χ4v) is 10.4. The normalized spacial score (nSPS) is 33.0. The Hall–Kier alpha value is -3.17. The zero-order valence-electron chi connectivity index (χ0n) is 26.3. The van der Waals surface area contributed by atoms with E-state index in [9.17, 15) is 14.7 Å². The molecular weight excluding hydrogens is 572 g/mol. The van der Waals surface area contributed by atoms with E-state index >= 15 is 0 Å². The van der Waals surface area contributed by atoms with Gasteiger partial charge in [-0.3, -0.25) is 4.79 Å². The van der Waals surface area contributed by atoms with Gasteiger partial charge in [0.25, 0.3) is 5.91 Å². The lowest BCUT2D eigenvalue weighted by Gasteiger charge is -2.58. The van der Waals surface area contributed by atoms with Crippen molar-refractivity contribution in [2.45, 2.75) is 85.2 Å². The minimum atomic E-state index is -0.548. The highest BCUT2D eigenvalue weighted by Gasteiger charge is 2.59. The first-order valence-corrected chi connectivity index (χ1v) is 17.0. The summed E-state index contributed by atoms with van der Waals surface area (Å²) in [7, 11) is 0. The van der Waals surface area contributed by atoms with Crippen molar-refractivity contribution in [1.29, 1.82) is 0 Å². The molecule has 0 spiro atoms. The molecule has 2 aromatic rings. The number of carbonyl (C=O) groups excluding carboxylic acids is 2. The number of rotatable bonds is 7. The molecule has 0 radical (unpaired) electrons. The van der Waals surface area contributed by atoms with Crippen LogP contribution in [-0.4, -0.2) is 35.4 Å². The summed E-state index contributed by atoms with van der Waals surface area (Å²) < 4.78 is 5.20. The third-order valence-electron chi connectivity index (χ3n) is 11.6. The van der Waals surface area contributed by atoms with Gasteiger partial charge in [-0.1, -0.05) is 43.7 Å². The highest BCUT2D eigenvalue weighted by atomic mass is 32.1. The SMILES string of the molecule is CCOC(=O)c1sc(Nc2ccccc2)c(C(=O)N/N=C(\C)[C@H]2CC[C@H]3[C@@H]4CC=C5C[C@@H](O)CC[C@]5(C)[C@H]4CC[C@]23C)c1N. The number of para-hydroxylation sites is 1. The molecule has 7 atom stereocenters. The van der Waals surface area contributed by atoms with E-state index in [1.807, 2.05) is 37.3 Å². The van der Waals surface area contributed by atoms with Crippen molar-refractivity contribution in [2.75, 3.05) is 17.7 Å². The first kappa shape index (κ1) is 30.8. The van der Waals surface area contributed by atoms with Crippen LogP contribution in [0.2, 0.25) is 0 Å². The monoisotopic (exact) mass is 618 g/mol. The molecule has 6 rings (SSSR count). The first-order valence-electron chi connectivity index (χ1n) is 16.2. The number of carbonyl (C=O) groups is 2. The van der Waals surface area contributed by atoms with Gasteiger partial charge in [-0.15, -0.1) is 11.3 Å². The van der Waals surface area contributed by atoms with E-state index in [0.29, 0.717) is 22.8 Å². The second-order valence-corrected chi connectivity index (χ2v) is 14.8. The van der Waals surface area contributed by atoms with Gasteiger partial charge < -0.3 is 20.9 Å². The molecule has 1 heterocycles. The Morgan fingerprint density at radius 2 is 1.89 bits per heavy atom. The summed E-state index contributed by atoms with van der Waals surface area (Å²) in [6.45, 7) is 8.90. The number of aliphatic hydroxyl groups is 1. The molecular formula is C35H46N4O4S. The van der Waals surface area contributed by atoms with Gasteiger partial charge in [0.2, 0.25) is 0 Å². The molecule has 236 valence electrons. The summed E-state index contributed by atoms with van der Waals surface area (Å²) >= 11 is 1.11. The molecule has 8 nitrogen and oxygen atoms in total. The average molecular weight is 619 g/mol. The first-order chi connectivity index (χ1) is 21.1. The third-order valence-corrected chi connectivity index (χ3v) is 12.7. The van der Waals surface area contributed by atoms with Crippen molar-refractivity contribution in [3.05, 3.63) is 52.4 Å². The standard InChI is InChI=1S/C35H46N4O4S/c1-5-43-33(42)30-29(36)28(32(44-30)37-22-9-7-6-8-10-22)31(41)39-38-20(2)25-13-14-26-24-12-11-21-19-23(40)15-17-34(21,3)27(24)16-18-35(25,26)4/h6-11,23-27,37,40H,5,12-19,36H2,1-4H3,(H,39,41)/b38-20+/t23-,24-,25+,26-,27-,34-,35+/m0/s1. The lowest BCUT2D eigenvalue weighted by molar-refractivity contribution is -0.0423. The van der Waals surface area contributed by atoms with Gasteiger partial charge in [-0.05, 0) is 106 Å². The van der Waals surface area contributed by atoms with Gasteiger partial charge in [-0.25, -0.2) is 10.2 Å². The summed E-state index contributed by atoms with van der Waals surface area (Å²) in [5, 5.41) is 18.7. The molecule has 1 aromatic heterocycles. The number of esters is 1. The molecule has 4 aliphatic carbocycles. The number of anilines is 3. The number of aliphatic hydroxyl groups excluding tert-OH is 1. The molecule has 0 saturated heterocycles. The van der Waals surface area contributed by atoms with Crippen LogP contribution >= 0.6 is 11.3 Å². The van der Waals surface area contributed by atoms with E-state index < -0.39 is 11.9 Å². The number of ether oxygens (including phenoxy) is 1. The second kappa shape index (κ2) is 12.0. The quantitative estimate of drug-likeness (QED) is 0.112. The summed E-state index contributed by atoms with van der Waals surface area (Å²) in [5.41, 5.74) is 13.0. The van der Waals surface area contributed by atoms with Crippen molar-refractivity contribution < 1.29 is 19.4 Å². The predicted octanol–water partition coefficient (Wildman–Crippen LogP) is 7.30. The highest BCUT2D eigenvalue weighted by molar-refractivity contribution is 7.19. The minimum absolute atomic E-state index is 0.0943. The van der Waals surface area contributed by atoms with Crippen LogP contribution in [0.4, 0.5) is 16.4 Å². The van der Waals surface area contributed by atoms with Crippen LogP contribution in [0, 0.1) is 34.5 Å². The molecule has 3 fully saturated rings. The number of nitrogens with zero attached hydrogens (tertiary/aromatic N) is 1. The van der Waals surface area contributed by atoms with E-state index in [-0.39, 0.29) is 45.6 Å². The van der Waals surface area contributed by atoms with Crippen LogP contribution in [0.3, 0.4) is 0 Å². The Labute approximate surface area is 264 Å². The van der Waals surface area contributed by atoms with Crippen molar-refractivity contribution in [3.8, 4) is 0 Å². The van der Waals surface area contributed by atoms with Crippen LogP contribution in [0.5, 0.6) is 0 Å². The van der Waals surface area contributed by atoms with E-state index in [1.165, 1.54) is 18.4 Å². The summed E-state index contributed by atoms with van der Waals surface area (Å²) in [5.74, 6) is 1.24. The number of allylic oxidation sites excluding steroid dienone is 1. The molecule has 1 amide bonds. The van der Waals surface area contributed by atoms with Crippen LogP contribution in [0.15, 0.2) is 47.1 Å². The van der Waals surface area contributed by atoms with E-state index in [1.54, 1.807) is 6.92 Å². The van der Waals surface area contributed by atoms with Gasteiger partial charge >= 0.3 is 5.97 Å². The molecule has 1 aromatic carbocycles. The topological polar surface area (TPSA) is 126 Å². The number of nitrogen functional groups attached to an aromatic ring is 1. The maximum absolute atomic E-state index is 13.6. The fourth-order valence-electron chi connectivity index (χ4n) is 9.36. The van der Waals surface area contributed by atoms with Gasteiger partial charge in [0.1, 0.15) is 9.88 Å². The largest absolute Gasteiger partial charge is 0.462 e. The van der Waals surface area contributed by atoms with Crippen molar-refractivity contribution >= 4 is 45.3 Å². The summed E-state index contributed by atoms with van der Waals surface area (Å²) in [6, 6.07) is 9.47. The number of hydrogen-bond acceptors (Lipinski definition) is 8. The number of benzene rings is 1. The van der Waals surface area contributed by atoms with Gasteiger partial charge in [-0.2, -0.15) is 5.10 Å². The number of amides is 1. The van der Waals surface area contributed by atoms with Crippen LogP contribution in [0.1, 0.15) is 99.1 Å². The Balaban J connectivity index is 1.21. The average Bonchev–Trinajstić information content (AvgIpc) is 3.53. The zero-order valence-corrected chi connectivity index (χ0v) is 27.1. The Morgan fingerprint density at radius 1 is 1.11 bits per heavy atom. The van der Waals surface area contributed by atoms with Crippen molar-refractivity contribution in [2.24, 2.45) is 39.6 Å². The number of hydrazone groups is 1. The smallest absolute Gasteiger partial charge is 0.350 e. The second-order valence-electron chi connectivity index (χ2n) is 13.8. The van der Waals surface area contributed by atoms with Gasteiger partial charge in [0.05, 0.1) is 24.0 Å². The van der Waals surface area contributed by atoms with Gasteiger partial charge in [0, 0.05) is 17.3 Å². The maximum atomic E-state index is 13.6. The third kappa shape index (κ3) is 5.26. The summed E-state index contributed by atoms with van der Waals surface area (Å²) in [6.07, 6.45) is 10.8. The van der Waals surface area contributed by atoms with Crippen LogP contribution in [0.25, 0.3) is 0 Å². The molecule has 9 heteroatoms. The molecule has 0 unspecified atom stereocenters. The van der Waals surface area contributed by atoms with Crippen molar-refractivity contribution in [1.82, 2.24) is 5.43 Å². The number of thiophene rings is 1. The van der Waals surface area contributed by atoms with Gasteiger partial charge in [0.15, 0.2) is 0 Å². The molecule has 5 N–H and O–H groups in total. The molecule has 0 bridgehead atoms. The predicted molar refractivity (Wildman–Crippen MR) is 176 cm³/mol. The maximum Gasteiger partial charge on any atom is 0.350 e. The molecule has 44 heavy (non-hydrogen) atoms. The van der Waals surface area contributed by atoms with Crippen LogP contribution < -0.4 is 16.5 Å². The number of nitrogens with one attached hydrogen (secondary N) is 2. The van der Waals surface area contributed by atoms with Crippen molar-refractivity contribution in [3.63, 3.8) is 0 Å². The highest BCUT2D eigenvalue weighted by Crippen LogP contribution is 2.66. The minimum Gasteiger partial charge on any atom is -0.462 e. The van der Waals surface area contributed by atoms with Crippen LogP contribution in [-0.2, 0) is 4.74 Å². The zero-order chi connectivity index (χ0) is 31.2. The summed E-state index contributed by atoms with van der Waals surface area (Å²) in [4.78, 5) is 26.5. The lowest BCUT2D eigenvalue weighted by atomic mass is 9.47. The van der Waals surface area contributed by atoms with E-state index in [2.05, 4.69) is 35.8 Å². The number of hydrogen-bond donors (Lipinski definition) is 4. The number of nitrogens with two attached hydrogens (primary N) is 1. The Bertz CT molecular complexity index is 1480. The molecule has 4 aliphatic rings. The Morgan fingerprint density at radius 3 is 2.64 bits per heavy atom.